The van der Waals surface area contributed by atoms with Gasteiger partial charge in [-0.15, -0.1) is 11.6 Å². The van der Waals surface area contributed by atoms with Crippen LogP contribution in [0.2, 0.25) is 0 Å². The molecule has 0 aliphatic heterocycles. The third-order valence-corrected chi connectivity index (χ3v) is 4.56. The topological polar surface area (TPSA) is 55.4 Å². The molecule has 0 bridgehead atoms. The van der Waals surface area contributed by atoms with E-state index in [9.17, 15) is 17.2 Å². The molecule has 1 aromatic carbocycles. The third-order valence-electron chi connectivity index (χ3n) is 2.44. The minimum absolute atomic E-state index is 0.0457. The largest absolute Gasteiger partial charge is 0.434 e. The maximum absolute atomic E-state index is 12.2. The highest BCUT2D eigenvalue weighted by atomic mass is 35.5. The van der Waals surface area contributed by atoms with Gasteiger partial charge in [0.05, 0.1) is 5.75 Å². The van der Waals surface area contributed by atoms with Crippen LogP contribution in [0.4, 0.5) is 8.78 Å². The summed E-state index contributed by atoms with van der Waals surface area (Å²) >= 11 is 5.56. The Labute approximate surface area is 122 Å². The normalized spacial score (nSPS) is 13.4. The van der Waals surface area contributed by atoms with E-state index in [4.69, 9.17) is 11.6 Å². The zero-order valence-corrected chi connectivity index (χ0v) is 12.4. The van der Waals surface area contributed by atoms with Crippen molar-refractivity contribution in [3.63, 3.8) is 0 Å². The van der Waals surface area contributed by atoms with E-state index in [0.717, 1.165) is 0 Å². The lowest BCUT2D eigenvalue weighted by Crippen LogP contribution is -2.29. The Kier molecular flexibility index (Phi) is 6.64. The van der Waals surface area contributed by atoms with E-state index in [1.807, 2.05) is 0 Å². The highest BCUT2D eigenvalue weighted by Crippen LogP contribution is 2.20. The molecule has 1 rings (SSSR count). The van der Waals surface area contributed by atoms with E-state index in [-0.39, 0.29) is 29.8 Å². The van der Waals surface area contributed by atoms with E-state index in [1.54, 1.807) is 13.0 Å². The summed E-state index contributed by atoms with van der Waals surface area (Å²) in [6, 6.07) is 6.02. The first kappa shape index (κ1) is 17.1. The van der Waals surface area contributed by atoms with Crippen LogP contribution in [0.15, 0.2) is 24.3 Å². The smallest absolute Gasteiger partial charge is 0.387 e. The van der Waals surface area contributed by atoms with Crippen LogP contribution in [0.25, 0.3) is 0 Å². The molecule has 1 unspecified atom stereocenters. The van der Waals surface area contributed by atoms with E-state index in [2.05, 4.69) is 9.46 Å². The SMILES string of the molecule is CC(CCl)CS(=O)(=O)NCc1ccccc1OC(F)F. The molecule has 1 atom stereocenters. The van der Waals surface area contributed by atoms with Gasteiger partial charge in [0.2, 0.25) is 10.0 Å². The van der Waals surface area contributed by atoms with Gasteiger partial charge in [-0.05, 0) is 12.0 Å². The molecule has 0 radical (unpaired) electrons. The zero-order valence-electron chi connectivity index (χ0n) is 10.9. The van der Waals surface area contributed by atoms with Gasteiger partial charge in [-0.25, -0.2) is 13.1 Å². The molecule has 0 aliphatic carbocycles. The molecule has 114 valence electrons. The van der Waals surface area contributed by atoms with Gasteiger partial charge in [-0.1, -0.05) is 25.1 Å². The Morgan fingerprint density at radius 1 is 1.35 bits per heavy atom. The van der Waals surface area contributed by atoms with E-state index < -0.39 is 16.6 Å². The van der Waals surface area contributed by atoms with Crippen molar-refractivity contribution in [2.45, 2.75) is 20.1 Å². The second-order valence-corrected chi connectivity index (χ2v) is 6.51. The summed E-state index contributed by atoms with van der Waals surface area (Å²) in [7, 11) is -3.51. The molecule has 1 aromatic rings. The molecule has 0 saturated heterocycles. The summed E-state index contributed by atoms with van der Waals surface area (Å²) in [4.78, 5) is 0. The molecule has 20 heavy (non-hydrogen) atoms. The average molecular weight is 328 g/mol. The first-order valence-electron chi connectivity index (χ1n) is 5.90. The number of halogens is 3. The van der Waals surface area contributed by atoms with Crippen molar-refractivity contribution in [1.82, 2.24) is 4.72 Å². The van der Waals surface area contributed by atoms with Crippen LogP contribution < -0.4 is 9.46 Å². The summed E-state index contributed by atoms with van der Waals surface area (Å²) in [6.07, 6.45) is 0. The van der Waals surface area contributed by atoms with Gasteiger partial charge in [0.1, 0.15) is 5.75 Å². The molecule has 0 aliphatic rings. The predicted octanol–water partition coefficient (Wildman–Crippen LogP) is 2.58. The fourth-order valence-corrected chi connectivity index (χ4v) is 3.13. The zero-order chi connectivity index (χ0) is 15.2. The number of para-hydroxylation sites is 1. The van der Waals surface area contributed by atoms with Crippen molar-refractivity contribution in [2.24, 2.45) is 5.92 Å². The number of sulfonamides is 1. The second kappa shape index (κ2) is 7.75. The van der Waals surface area contributed by atoms with Crippen molar-refractivity contribution in [2.75, 3.05) is 11.6 Å². The van der Waals surface area contributed by atoms with Gasteiger partial charge < -0.3 is 4.74 Å². The number of benzene rings is 1. The first-order chi connectivity index (χ1) is 9.34. The Bertz CT molecular complexity index is 525. The van der Waals surface area contributed by atoms with Gasteiger partial charge in [-0.3, -0.25) is 0 Å². The summed E-state index contributed by atoms with van der Waals surface area (Å²) in [5.41, 5.74) is 0.343. The third kappa shape index (κ3) is 6.02. The Morgan fingerprint density at radius 3 is 2.60 bits per heavy atom. The van der Waals surface area contributed by atoms with Gasteiger partial charge in [0, 0.05) is 18.0 Å². The number of nitrogens with one attached hydrogen (secondary N) is 1. The van der Waals surface area contributed by atoms with Crippen LogP contribution in [0, 0.1) is 5.92 Å². The van der Waals surface area contributed by atoms with E-state index in [1.165, 1.54) is 18.2 Å². The van der Waals surface area contributed by atoms with E-state index in [0.29, 0.717) is 5.56 Å². The minimum atomic E-state index is -3.51. The highest BCUT2D eigenvalue weighted by molar-refractivity contribution is 7.89. The summed E-state index contributed by atoms with van der Waals surface area (Å²) in [5, 5.41) is 0. The van der Waals surface area contributed by atoms with Crippen molar-refractivity contribution in [3.8, 4) is 5.75 Å². The lowest BCUT2D eigenvalue weighted by Gasteiger charge is -2.13. The maximum atomic E-state index is 12.2. The van der Waals surface area contributed by atoms with Gasteiger partial charge in [-0.2, -0.15) is 8.78 Å². The van der Waals surface area contributed by atoms with Crippen molar-refractivity contribution in [1.29, 1.82) is 0 Å². The standard InChI is InChI=1S/C12H16ClF2NO3S/c1-9(6-13)8-20(17,18)16-7-10-4-2-3-5-11(10)19-12(14)15/h2-5,9,12,16H,6-8H2,1H3. The minimum Gasteiger partial charge on any atom is -0.434 e. The van der Waals surface area contributed by atoms with Crippen LogP contribution in [-0.4, -0.2) is 26.7 Å². The molecule has 1 N–H and O–H groups in total. The molecular weight excluding hydrogens is 312 g/mol. The maximum Gasteiger partial charge on any atom is 0.387 e. The van der Waals surface area contributed by atoms with Crippen molar-refractivity contribution < 1.29 is 21.9 Å². The van der Waals surface area contributed by atoms with Crippen molar-refractivity contribution >= 4 is 21.6 Å². The molecule has 0 saturated carbocycles. The van der Waals surface area contributed by atoms with Gasteiger partial charge >= 0.3 is 6.61 Å². The summed E-state index contributed by atoms with van der Waals surface area (Å²) in [6.45, 7) is -1.36. The lowest BCUT2D eigenvalue weighted by atomic mass is 10.2. The fourth-order valence-electron chi connectivity index (χ4n) is 1.53. The fraction of sp³-hybridized carbons (Fsp3) is 0.500. The Hall–Kier alpha value is -0.920. The monoisotopic (exact) mass is 327 g/mol. The number of ether oxygens (including phenoxy) is 1. The number of alkyl halides is 3. The Balaban J connectivity index is 2.70. The second-order valence-electron chi connectivity index (χ2n) is 4.35. The average Bonchev–Trinajstić information content (AvgIpc) is 2.36. The first-order valence-corrected chi connectivity index (χ1v) is 8.08. The van der Waals surface area contributed by atoms with E-state index >= 15 is 0 Å². The molecule has 0 fully saturated rings. The van der Waals surface area contributed by atoms with Crippen LogP contribution in [0.1, 0.15) is 12.5 Å². The lowest BCUT2D eigenvalue weighted by molar-refractivity contribution is -0.0504. The molecule has 0 spiro atoms. The number of hydrogen-bond donors (Lipinski definition) is 1. The molecule has 4 nitrogen and oxygen atoms in total. The summed E-state index contributed by atoms with van der Waals surface area (Å²) in [5.74, 6) is -0.127. The molecule has 0 amide bonds. The Morgan fingerprint density at radius 2 is 2.00 bits per heavy atom. The quantitative estimate of drug-likeness (QED) is 0.747. The number of hydrogen-bond acceptors (Lipinski definition) is 3. The van der Waals surface area contributed by atoms with Crippen LogP contribution in [-0.2, 0) is 16.6 Å². The van der Waals surface area contributed by atoms with Crippen LogP contribution in [0.5, 0.6) is 5.75 Å². The summed E-state index contributed by atoms with van der Waals surface area (Å²) < 4.78 is 54.6. The number of rotatable bonds is 8. The van der Waals surface area contributed by atoms with Crippen LogP contribution in [0.3, 0.4) is 0 Å². The molecule has 0 aromatic heterocycles. The van der Waals surface area contributed by atoms with Crippen molar-refractivity contribution in [3.05, 3.63) is 29.8 Å². The highest BCUT2D eigenvalue weighted by Gasteiger charge is 2.16. The molecule has 8 heteroatoms. The molecule has 0 heterocycles. The van der Waals surface area contributed by atoms with Crippen LogP contribution >= 0.6 is 11.6 Å². The van der Waals surface area contributed by atoms with Gasteiger partial charge in [0.25, 0.3) is 0 Å². The van der Waals surface area contributed by atoms with Gasteiger partial charge in [0.15, 0.2) is 0 Å². The molecular formula is C12H16ClF2NO3S. The predicted molar refractivity (Wildman–Crippen MR) is 73.6 cm³/mol.